The largest absolute Gasteiger partial charge is 0.507 e. The lowest BCUT2D eigenvalue weighted by Gasteiger charge is -2.12. The Kier molecular flexibility index (Phi) is 13.4. The maximum atomic E-state index is 13.5. The highest BCUT2D eigenvalue weighted by Gasteiger charge is 2.30. The maximum Gasteiger partial charge on any atom is 0.416 e. The zero-order valence-corrected chi connectivity index (χ0v) is 27.3. The molecule has 0 aliphatic carbocycles. The van der Waals surface area contributed by atoms with Gasteiger partial charge in [-0.3, -0.25) is 0 Å². The first-order chi connectivity index (χ1) is 25.6. The van der Waals surface area contributed by atoms with Gasteiger partial charge in [0.05, 0.1) is 11.1 Å². The molecule has 4 aromatic rings. The number of aromatic nitrogens is 3. The lowest BCUT2D eigenvalue weighted by atomic mass is 10.1. The molecule has 7 nitrogen and oxygen atoms in total. The van der Waals surface area contributed by atoms with Crippen molar-refractivity contribution >= 4 is 5.97 Å². The quantitative estimate of drug-likeness (QED) is 0.212. The Morgan fingerprint density at radius 1 is 0.698 bits per heavy atom. The summed E-state index contributed by atoms with van der Waals surface area (Å²) < 4.78 is 50.5. The van der Waals surface area contributed by atoms with E-state index in [1.807, 2.05) is 19.1 Å². The van der Waals surface area contributed by atoms with Crippen LogP contribution in [0.3, 0.4) is 0 Å². The molecule has 0 bridgehead atoms. The average molecular weight is 698 g/mol. The monoisotopic (exact) mass is 697 g/mol. The fourth-order valence-corrected chi connectivity index (χ4v) is 3.89. The molecule has 0 amide bonds. The molecule has 0 radical (unpaired) electrons. The molecule has 0 aliphatic rings. The fourth-order valence-electron chi connectivity index (χ4n) is 3.89. The van der Waals surface area contributed by atoms with E-state index in [2.05, 4.69) is 116 Å². The minimum absolute atomic E-state index is 0.00890. The third kappa shape index (κ3) is 12.2. The first-order valence-electron chi connectivity index (χ1n) is 14.8. The van der Waals surface area contributed by atoms with Gasteiger partial charge in [0.15, 0.2) is 24.1 Å². The van der Waals surface area contributed by atoms with E-state index in [9.17, 15) is 23.1 Å². The van der Waals surface area contributed by atoms with Crippen LogP contribution in [0.5, 0.6) is 11.5 Å². The van der Waals surface area contributed by atoms with E-state index >= 15 is 0 Å². The van der Waals surface area contributed by atoms with Crippen molar-refractivity contribution in [1.29, 1.82) is 0 Å². The van der Waals surface area contributed by atoms with Crippen LogP contribution >= 0.6 is 0 Å². The number of terminal acetylenes is 1. The van der Waals surface area contributed by atoms with Crippen molar-refractivity contribution < 1.29 is 32.5 Å². The highest BCUT2D eigenvalue weighted by Crippen LogP contribution is 2.35. The predicted octanol–water partition coefficient (Wildman–Crippen LogP) is 5.45. The Morgan fingerprint density at radius 3 is 1.77 bits per heavy atom. The van der Waals surface area contributed by atoms with Crippen molar-refractivity contribution in [3.63, 3.8) is 0 Å². The van der Waals surface area contributed by atoms with Gasteiger partial charge in [-0.1, -0.05) is 35.9 Å². The molecule has 250 valence electrons. The highest BCUT2D eigenvalue weighted by molar-refractivity contribution is 5.73. The number of phenols is 1. The summed E-state index contributed by atoms with van der Waals surface area (Å²) >= 11 is 0. The van der Waals surface area contributed by atoms with Crippen molar-refractivity contribution in [1.82, 2.24) is 15.0 Å². The summed E-state index contributed by atoms with van der Waals surface area (Å²) in [5, 5.41) is 10.9. The molecule has 1 aromatic heterocycles. The van der Waals surface area contributed by atoms with Crippen LogP contribution in [0.25, 0.3) is 34.2 Å². The standard InChI is InChI=1S/C43H18F3N3O4/c1-3-4-5-6-7-8-9-10-11-12-13-14-15-16-17-18-27-52-39(51)31-53-36-25-26-37(38(50)30-36)42-48-40(33-22-19-21-32(2)28-33)47-41(49-42)34-23-20-24-35(29-34)43(44,45)46/h1,19-26,28-30,50H,31H2,2H3. The minimum atomic E-state index is -4.58. The van der Waals surface area contributed by atoms with Gasteiger partial charge in [0, 0.05) is 64.6 Å². The Hall–Kier alpha value is -8.43. The number of carbonyl (C=O) groups is 1. The van der Waals surface area contributed by atoms with Crippen LogP contribution in [0, 0.1) is 114 Å². The van der Waals surface area contributed by atoms with E-state index in [0.29, 0.717) is 5.56 Å². The number of benzene rings is 3. The highest BCUT2D eigenvalue weighted by atomic mass is 19.4. The van der Waals surface area contributed by atoms with Gasteiger partial charge in [0.2, 0.25) is 0 Å². The predicted molar refractivity (Wildman–Crippen MR) is 190 cm³/mol. The average Bonchev–Trinajstić information content (AvgIpc) is 3.15. The Labute approximate surface area is 303 Å². The zero-order valence-electron chi connectivity index (χ0n) is 27.3. The van der Waals surface area contributed by atoms with Gasteiger partial charge < -0.3 is 14.6 Å². The first-order valence-corrected chi connectivity index (χ1v) is 14.8. The van der Waals surface area contributed by atoms with Crippen LogP contribution in [0.2, 0.25) is 0 Å². The molecule has 10 heteroatoms. The summed E-state index contributed by atoms with van der Waals surface area (Å²) in [5.41, 5.74) is 0.857. The second kappa shape index (κ2) is 18.9. The smallest absolute Gasteiger partial charge is 0.416 e. The number of aryl methyl sites for hydroxylation is 1. The zero-order chi connectivity index (χ0) is 37.9. The van der Waals surface area contributed by atoms with E-state index < -0.39 is 24.3 Å². The molecule has 0 saturated heterocycles. The third-order valence-corrected chi connectivity index (χ3v) is 6.09. The molecule has 4 rings (SSSR count). The lowest BCUT2D eigenvalue weighted by Crippen LogP contribution is -2.12. The van der Waals surface area contributed by atoms with Gasteiger partial charge >= 0.3 is 12.1 Å². The van der Waals surface area contributed by atoms with Crippen molar-refractivity contribution in [3.05, 3.63) is 77.9 Å². The Bertz CT molecular complexity index is 2650. The number of phenolic OH excluding ortho intramolecular Hbond substituents is 1. The molecule has 3 aromatic carbocycles. The number of hydrogen-bond acceptors (Lipinski definition) is 7. The van der Waals surface area contributed by atoms with E-state index in [0.717, 1.165) is 17.7 Å². The fraction of sp³-hybridized carbons (Fsp3) is 0.0698. The SMILES string of the molecule is C#CC#CC#CC#CC#CC#CC#CC#CC#COC(=O)COc1ccc(-c2nc(-c3cccc(C)c3)nc(-c3cccc(C(F)(F)F)c3)n2)c(O)c1. The summed E-state index contributed by atoms with van der Waals surface area (Å²) in [4.78, 5) is 25.4. The number of hydrogen-bond donors (Lipinski definition) is 1. The summed E-state index contributed by atoms with van der Waals surface area (Å²) in [7, 11) is 0. The number of nitrogens with zero attached hydrogens (tertiary/aromatic N) is 3. The molecule has 0 atom stereocenters. The van der Waals surface area contributed by atoms with Gasteiger partial charge in [-0.05, 0) is 84.6 Å². The van der Waals surface area contributed by atoms with Crippen molar-refractivity contribution in [2.24, 2.45) is 0 Å². The number of rotatable bonds is 6. The molecule has 53 heavy (non-hydrogen) atoms. The van der Waals surface area contributed by atoms with E-state index in [1.54, 1.807) is 12.1 Å². The van der Waals surface area contributed by atoms with Gasteiger partial charge in [0.1, 0.15) is 17.6 Å². The second-order valence-electron chi connectivity index (χ2n) is 9.82. The molecular formula is C43H18F3N3O4. The summed E-state index contributed by atoms with van der Waals surface area (Å²) in [6.07, 6.45) is 2.47. The van der Waals surface area contributed by atoms with Crippen molar-refractivity contribution in [2.75, 3.05) is 6.61 Å². The van der Waals surface area contributed by atoms with Crippen LogP contribution in [-0.2, 0) is 15.7 Å². The van der Waals surface area contributed by atoms with Crippen molar-refractivity contribution in [3.8, 4) is 153 Å². The molecule has 0 fully saturated rings. The van der Waals surface area contributed by atoms with Crippen LogP contribution in [-0.4, -0.2) is 32.6 Å². The number of alkyl halides is 3. The molecular weight excluding hydrogens is 679 g/mol. The number of esters is 1. The molecule has 1 N–H and O–H groups in total. The molecule has 0 spiro atoms. The van der Waals surface area contributed by atoms with Crippen LogP contribution in [0.15, 0.2) is 66.7 Å². The Morgan fingerprint density at radius 2 is 1.23 bits per heavy atom. The Balaban J connectivity index is 1.40. The van der Waals surface area contributed by atoms with Gasteiger partial charge in [0.25, 0.3) is 0 Å². The topological polar surface area (TPSA) is 94.4 Å². The van der Waals surface area contributed by atoms with Gasteiger partial charge in [-0.2, -0.15) is 13.2 Å². The molecule has 1 heterocycles. The van der Waals surface area contributed by atoms with Crippen LogP contribution in [0.1, 0.15) is 11.1 Å². The normalized spacial score (nSPS) is 8.89. The maximum absolute atomic E-state index is 13.5. The third-order valence-electron chi connectivity index (χ3n) is 6.09. The minimum Gasteiger partial charge on any atom is -0.507 e. The number of ether oxygens (including phenoxy) is 2. The van der Waals surface area contributed by atoms with Crippen molar-refractivity contribution in [2.45, 2.75) is 13.1 Å². The number of aromatic hydroxyl groups is 1. The van der Waals surface area contributed by atoms with Crippen LogP contribution < -0.4 is 4.74 Å². The van der Waals surface area contributed by atoms with E-state index in [-0.39, 0.29) is 40.1 Å². The van der Waals surface area contributed by atoms with E-state index in [4.69, 9.17) is 15.9 Å². The molecule has 0 unspecified atom stereocenters. The van der Waals surface area contributed by atoms with Gasteiger partial charge in [-0.25, -0.2) is 19.7 Å². The number of carbonyl (C=O) groups excluding carboxylic acids is 1. The molecule has 0 aliphatic heterocycles. The lowest BCUT2D eigenvalue weighted by molar-refractivity contribution is -0.139. The summed E-state index contributed by atoms with van der Waals surface area (Å²) in [6.45, 7) is 1.31. The second-order valence-corrected chi connectivity index (χ2v) is 9.82. The summed E-state index contributed by atoms with van der Waals surface area (Å²) in [5.74, 6) is 37.3. The van der Waals surface area contributed by atoms with Gasteiger partial charge in [-0.15, -0.1) is 6.42 Å². The number of halogens is 3. The molecule has 0 saturated carbocycles. The van der Waals surface area contributed by atoms with Crippen LogP contribution in [0.4, 0.5) is 13.2 Å². The first kappa shape index (κ1) is 37.4. The van der Waals surface area contributed by atoms with E-state index in [1.165, 1.54) is 30.3 Å². The summed E-state index contributed by atoms with van der Waals surface area (Å²) in [6, 6.07) is 15.9.